The van der Waals surface area contributed by atoms with Crippen molar-refractivity contribution >= 4 is 21.1 Å². The molecule has 1 aromatic carbocycles. The van der Waals surface area contributed by atoms with Crippen molar-refractivity contribution in [3.05, 3.63) is 34.6 Å². The van der Waals surface area contributed by atoms with Gasteiger partial charge >= 0.3 is 18.1 Å². The van der Waals surface area contributed by atoms with Crippen LogP contribution in [-0.2, 0) is 17.1 Å². The van der Waals surface area contributed by atoms with Crippen LogP contribution in [0.4, 0.5) is 13.2 Å². The molecule has 9 nitrogen and oxygen atoms in total. The predicted octanol–water partition coefficient (Wildman–Crippen LogP) is 1.43. The maximum absolute atomic E-state index is 13.1. The number of fused-ring (bicyclic) bond motifs is 1. The van der Waals surface area contributed by atoms with E-state index in [0.29, 0.717) is 18.4 Å². The highest BCUT2D eigenvalue weighted by Crippen LogP contribution is 2.37. The number of hydrogen-bond donors (Lipinski definition) is 1. The molecule has 0 radical (unpaired) electrons. The molecule has 1 N–H and O–H groups in total. The second kappa shape index (κ2) is 6.17. The maximum atomic E-state index is 13.1. The molecule has 1 saturated carbocycles. The number of aromatic nitrogens is 4. The lowest BCUT2D eigenvalue weighted by Gasteiger charge is -2.13. The molecule has 13 heteroatoms. The van der Waals surface area contributed by atoms with Crippen molar-refractivity contribution < 1.29 is 26.0 Å². The number of sulfonamides is 1. The highest BCUT2D eigenvalue weighted by atomic mass is 32.2. The van der Waals surface area contributed by atoms with Crippen LogP contribution in [-0.4, -0.2) is 40.0 Å². The van der Waals surface area contributed by atoms with E-state index >= 15 is 0 Å². The molecule has 0 saturated heterocycles. The van der Waals surface area contributed by atoms with Crippen LogP contribution in [0.15, 0.2) is 32.3 Å². The molecule has 0 unspecified atom stereocenters. The Kier molecular flexibility index (Phi) is 4.12. The third-order valence-corrected chi connectivity index (χ3v) is 6.18. The number of nitrogens with one attached hydrogen (secondary N) is 1. The lowest BCUT2D eigenvalue weighted by molar-refractivity contribution is 0.115. The fourth-order valence-corrected chi connectivity index (χ4v) is 4.30. The molecule has 28 heavy (non-hydrogen) atoms. The Morgan fingerprint density at radius 3 is 2.57 bits per heavy atom. The van der Waals surface area contributed by atoms with E-state index in [0.717, 1.165) is 4.57 Å². The molecule has 1 aliphatic carbocycles. The van der Waals surface area contributed by atoms with Gasteiger partial charge in [-0.05, 0) is 31.0 Å². The van der Waals surface area contributed by atoms with Gasteiger partial charge in [0.1, 0.15) is 6.67 Å². The monoisotopic (exact) mass is 417 g/mol. The molecule has 0 bridgehead atoms. The van der Waals surface area contributed by atoms with Crippen molar-refractivity contribution in [3.63, 3.8) is 0 Å². The number of nitrogens with zero attached hydrogens (tertiary/aromatic N) is 4. The number of alkyl halides is 3. The number of halogens is 3. The summed E-state index contributed by atoms with van der Waals surface area (Å²) in [6.07, 6.45) is -2.25. The van der Waals surface area contributed by atoms with Gasteiger partial charge in [-0.25, -0.2) is 26.9 Å². The van der Waals surface area contributed by atoms with Gasteiger partial charge in [0.15, 0.2) is 0 Å². The van der Waals surface area contributed by atoms with Gasteiger partial charge in [0.2, 0.25) is 10.0 Å². The van der Waals surface area contributed by atoms with E-state index in [-0.39, 0.29) is 10.4 Å². The lowest BCUT2D eigenvalue weighted by atomic mass is 10.3. The van der Waals surface area contributed by atoms with Crippen molar-refractivity contribution in [2.75, 3.05) is 6.67 Å². The maximum Gasteiger partial charge on any atom is 0.337 e. The number of imidazole rings is 1. The summed E-state index contributed by atoms with van der Waals surface area (Å²) in [6.45, 7) is -0.830. The first-order chi connectivity index (χ1) is 13.2. The quantitative estimate of drug-likeness (QED) is 0.649. The third kappa shape index (κ3) is 2.90. The largest absolute Gasteiger partial charge is 0.401 e. The summed E-state index contributed by atoms with van der Waals surface area (Å²) in [5, 5.41) is 6.63. The van der Waals surface area contributed by atoms with Crippen LogP contribution in [0.2, 0.25) is 0 Å². The highest BCUT2D eigenvalue weighted by molar-refractivity contribution is 7.89. The van der Waals surface area contributed by atoms with E-state index in [1.807, 2.05) is 0 Å². The standard InChI is InChI=1S/C15H14F3N5O4S/c1-22-9-3-2-8(28(25,26)21-15(7-16)4-5-15)6-10(9)23(14(22)24)13-20-19-12(27-13)11(17)18/h2-3,6,11,21H,4-5,7H2,1H3. The highest BCUT2D eigenvalue weighted by Gasteiger charge is 2.46. The molecule has 1 aliphatic rings. The molecule has 0 spiro atoms. The second-order valence-corrected chi connectivity index (χ2v) is 8.25. The summed E-state index contributed by atoms with van der Waals surface area (Å²) in [5.41, 5.74) is -1.41. The van der Waals surface area contributed by atoms with E-state index < -0.39 is 46.3 Å². The summed E-state index contributed by atoms with van der Waals surface area (Å²) in [6, 6.07) is 3.29. The van der Waals surface area contributed by atoms with Crippen molar-refractivity contribution in [1.82, 2.24) is 24.1 Å². The molecular weight excluding hydrogens is 403 g/mol. The van der Waals surface area contributed by atoms with Crippen LogP contribution in [0.5, 0.6) is 0 Å². The Bertz CT molecular complexity index is 1230. The van der Waals surface area contributed by atoms with Gasteiger partial charge in [0.05, 0.1) is 21.5 Å². The van der Waals surface area contributed by atoms with Crippen molar-refractivity contribution in [1.29, 1.82) is 0 Å². The fraction of sp³-hybridized carbons (Fsp3) is 0.400. The summed E-state index contributed by atoms with van der Waals surface area (Å²) >= 11 is 0. The zero-order chi connectivity index (χ0) is 20.3. The fourth-order valence-electron chi connectivity index (χ4n) is 2.84. The number of rotatable bonds is 6. The molecule has 150 valence electrons. The third-order valence-electron chi connectivity index (χ3n) is 4.61. The summed E-state index contributed by atoms with van der Waals surface area (Å²) in [4.78, 5) is 12.3. The minimum atomic E-state index is -4.07. The first-order valence-corrected chi connectivity index (χ1v) is 9.59. The van der Waals surface area contributed by atoms with E-state index in [4.69, 9.17) is 4.42 Å². The predicted molar refractivity (Wildman–Crippen MR) is 89.6 cm³/mol. The summed E-state index contributed by atoms with van der Waals surface area (Å²) < 4.78 is 72.9. The van der Waals surface area contributed by atoms with Gasteiger partial charge < -0.3 is 4.42 Å². The molecule has 0 atom stereocenters. The first-order valence-electron chi connectivity index (χ1n) is 8.11. The van der Waals surface area contributed by atoms with Crippen LogP contribution >= 0.6 is 0 Å². The molecule has 1 fully saturated rings. The Morgan fingerprint density at radius 2 is 2.00 bits per heavy atom. The molecule has 2 aromatic heterocycles. The van der Waals surface area contributed by atoms with Crippen LogP contribution in [0.1, 0.15) is 25.2 Å². The zero-order valence-electron chi connectivity index (χ0n) is 14.4. The van der Waals surface area contributed by atoms with Gasteiger partial charge in [-0.3, -0.25) is 4.57 Å². The van der Waals surface area contributed by atoms with Gasteiger partial charge in [-0.1, -0.05) is 5.10 Å². The molecule has 4 rings (SSSR count). The minimum Gasteiger partial charge on any atom is -0.401 e. The van der Waals surface area contributed by atoms with E-state index in [1.54, 1.807) is 0 Å². The molecule has 0 aliphatic heterocycles. The lowest BCUT2D eigenvalue weighted by Crippen LogP contribution is -2.38. The van der Waals surface area contributed by atoms with Crippen LogP contribution in [0.25, 0.3) is 17.0 Å². The van der Waals surface area contributed by atoms with Crippen LogP contribution < -0.4 is 10.4 Å². The smallest absolute Gasteiger partial charge is 0.337 e. The molecular formula is C15H14F3N5O4S. The van der Waals surface area contributed by atoms with Gasteiger partial charge in [-0.2, -0.15) is 8.78 Å². The number of benzene rings is 1. The summed E-state index contributed by atoms with van der Waals surface area (Å²) in [7, 11) is -2.65. The summed E-state index contributed by atoms with van der Waals surface area (Å²) in [5.74, 6) is -0.969. The van der Waals surface area contributed by atoms with Gasteiger partial charge in [-0.15, -0.1) is 5.10 Å². The van der Waals surface area contributed by atoms with Crippen molar-refractivity contribution in [2.45, 2.75) is 29.7 Å². The molecule has 2 heterocycles. The normalized spacial score (nSPS) is 16.2. The first kappa shape index (κ1) is 18.7. The zero-order valence-corrected chi connectivity index (χ0v) is 15.2. The Hall–Kier alpha value is -2.67. The SMILES string of the molecule is Cn1c(=O)n(-c2nnc(C(F)F)o2)c2cc(S(=O)(=O)NC3(CF)CC3)ccc21. The van der Waals surface area contributed by atoms with Crippen molar-refractivity contribution in [3.8, 4) is 6.01 Å². The number of hydrogen-bond acceptors (Lipinski definition) is 6. The molecule has 0 amide bonds. The van der Waals surface area contributed by atoms with Crippen LogP contribution in [0, 0.1) is 0 Å². The number of aryl methyl sites for hydroxylation is 1. The van der Waals surface area contributed by atoms with Crippen molar-refractivity contribution in [2.24, 2.45) is 7.05 Å². The minimum absolute atomic E-state index is 0.0601. The van der Waals surface area contributed by atoms with E-state index in [1.165, 1.54) is 29.8 Å². The van der Waals surface area contributed by atoms with Crippen LogP contribution in [0.3, 0.4) is 0 Å². The van der Waals surface area contributed by atoms with Gasteiger partial charge in [0.25, 0.3) is 5.89 Å². The van der Waals surface area contributed by atoms with Gasteiger partial charge in [0, 0.05) is 7.05 Å². The Balaban J connectivity index is 1.86. The Morgan fingerprint density at radius 1 is 1.29 bits per heavy atom. The van der Waals surface area contributed by atoms with E-state index in [2.05, 4.69) is 14.9 Å². The average Bonchev–Trinajstić information content (AvgIpc) is 3.15. The topological polar surface area (TPSA) is 112 Å². The average molecular weight is 417 g/mol. The second-order valence-electron chi connectivity index (χ2n) is 6.57. The van der Waals surface area contributed by atoms with E-state index in [9.17, 15) is 26.4 Å². The Labute approximate surface area is 155 Å². The molecule has 3 aromatic rings.